The van der Waals surface area contributed by atoms with Crippen LogP contribution in [0.1, 0.15) is 19.3 Å². The number of carbonyl (C=O) groups excluding carboxylic acids is 2. The van der Waals surface area contributed by atoms with E-state index in [9.17, 15) is 40.3 Å². The zero-order chi connectivity index (χ0) is 22.3. The number of likely N-dealkylation sites (tertiary alicyclic amines) is 1. The quantitative estimate of drug-likeness (QED) is 0.702. The number of amides is 2. The number of nitrogens with zero attached hydrogens (tertiary/aromatic N) is 1. The smallest absolute Gasteiger partial charge is 0.426 e. The van der Waals surface area contributed by atoms with E-state index in [0.29, 0.717) is 6.42 Å². The van der Waals surface area contributed by atoms with E-state index in [1.807, 2.05) is 0 Å². The van der Waals surface area contributed by atoms with Crippen LogP contribution in [0, 0.1) is 17.2 Å². The van der Waals surface area contributed by atoms with Crippen LogP contribution in [0.5, 0.6) is 0 Å². The van der Waals surface area contributed by atoms with Crippen molar-refractivity contribution in [3.63, 3.8) is 0 Å². The summed E-state index contributed by atoms with van der Waals surface area (Å²) in [6.45, 7) is -0.268. The van der Waals surface area contributed by atoms with Crippen molar-refractivity contribution in [3.05, 3.63) is 30.1 Å². The van der Waals surface area contributed by atoms with Gasteiger partial charge < -0.3 is 15.0 Å². The van der Waals surface area contributed by atoms with Crippen LogP contribution in [0.3, 0.4) is 0 Å². The van der Waals surface area contributed by atoms with E-state index in [0.717, 1.165) is 11.0 Å². The molecule has 1 N–H and O–H groups in total. The summed E-state index contributed by atoms with van der Waals surface area (Å²) in [5.74, 6) is -1.32. The maximum absolute atomic E-state index is 13.2. The van der Waals surface area contributed by atoms with Crippen molar-refractivity contribution >= 4 is 17.7 Å². The zero-order valence-electron chi connectivity index (χ0n) is 15.3. The van der Waals surface area contributed by atoms with Crippen molar-refractivity contribution in [3.8, 4) is 0 Å². The normalized spacial score (nSPS) is 20.9. The molecule has 166 valence electrons. The summed E-state index contributed by atoms with van der Waals surface area (Å²) in [4.78, 5) is 24.9. The first-order valence-electron chi connectivity index (χ1n) is 8.97. The fourth-order valence-corrected chi connectivity index (χ4v) is 3.70. The molecule has 0 unspecified atom stereocenters. The lowest BCUT2D eigenvalue weighted by Crippen LogP contribution is -2.49. The predicted molar refractivity (Wildman–Crippen MR) is 88.8 cm³/mol. The standard InChI is InChI=1S/C18H17F7N2O3/c19-10-2-1-3-11(8-10)26-13(28)12-9-16(12)4-6-27(7-5-16)15(29)30-14(17(20,21)22)18(23,24)25/h1-3,8,12,14H,4-7,9H2,(H,26,28)/t12-/m0/s1. The first-order valence-corrected chi connectivity index (χ1v) is 8.97. The maximum atomic E-state index is 13.2. The van der Waals surface area contributed by atoms with Crippen LogP contribution in [0.4, 0.5) is 41.2 Å². The highest BCUT2D eigenvalue weighted by molar-refractivity contribution is 5.95. The van der Waals surface area contributed by atoms with Gasteiger partial charge in [-0.05, 0) is 42.9 Å². The summed E-state index contributed by atoms with van der Waals surface area (Å²) >= 11 is 0. The van der Waals surface area contributed by atoms with Crippen LogP contribution in [0.15, 0.2) is 24.3 Å². The summed E-state index contributed by atoms with van der Waals surface area (Å²) in [6, 6.07) is 5.29. The number of halogens is 7. The van der Waals surface area contributed by atoms with E-state index >= 15 is 0 Å². The molecule has 1 aliphatic carbocycles. The summed E-state index contributed by atoms with van der Waals surface area (Å²) in [6.07, 6.45) is -16.5. The summed E-state index contributed by atoms with van der Waals surface area (Å²) < 4.78 is 92.1. The monoisotopic (exact) mass is 442 g/mol. The molecule has 0 radical (unpaired) electrons. The van der Waals surface area contributed by atoms with Gasteiger partial charge in [-0.25, -0.2) is 9.18 Å². The Kier molecular flexibility index (Phi) is 5.63. The first-order chi connectivity index (χ1) is 13.8. The third-order valence-corrected chi connectivity index (χ3v) is 5.43. The third kappa shape index (κ3) is 4.78. The molecule has 2 amide bonds. The highest BCUT2D eigenvalue weighted by Gasteiger charge is 2.61. The zero-order valence-corrected chi connectivity index (χ0v) is 15.3. The largest absolute Gasteiger partial charge is 0.434 e. The Hall–Kier alpha value is -2.53. The van der Waals surface area contributed by atoms with Crippen LogP contribution in [0.25, 0.3) is 0 Å². The van der Waals surface area contributed by atoms with Gasteiger partial charge in [0, 0.05) is 24.7 Å². The van der Waals surface area contributed by atoms with Crippen molar-refractivity contribution in [2.45, 2.75) is 37.7 Å². The van der Waals surface area contributed by atoms with Gasteiger partial charge in [0.1, 0.15) is 5.82 Å². The Morgan fingerprint density at radius 2 is 1.70 bits per heavy atom. The van der Waals surface area contributed by atoms with Crippen molar-refractivity contribution in [2.24, 2.45) is 11.3 Å². The lowest BCUT2D eigenvalue weighted by molar-refractivity contribution is -0.308. The number of alkyl halides is 6. The number of nitrogens with one attached hydrogen (secondary N) is 1. The van der Waals surface area contributed by atoms with Crippen LogP contribution in [-0.2, 0) is 9.53 Å². The Labute approximate surface area is 166 Å². The summed E-state index contributed by atoms with van der Waals surface area (Å²) in [5.41, 5.74) is -0.213. The van der Waals surface area contributed by atoms with Gasteiger partial charge in [0.2, 0.25) is 5.91 Å². The van der Waals surface area contributed by atoms with Crippen LogP contribution >= 0.6 is 0 Å². The lowest BCUT2D eigenvalue weighted by atomic mass is 9.91. The van der Waals surface area contributed by atoms with Crippen LogP contribution in [0.2, 0.25) is 0 Å². The molecule has 0 bridgehead atoms. The molecule has 2 aliphatic rings. The Bertz CT molecular complexity index is 803. The number of benzene rings is 1. The molecule has 1 spiro atoms. The van der Waals surface area contributed by atoms with Crippen molar-refractivity contribution in [1.82, 2.24) is 4.90 Å². The first kappa shape index (κ1) is 22.2. The van der Waals surface area contributed by atoms with Gasteiger partial charge >= 0.3 is 18.4 Å². The molecule has 1 atom stereocenters. The average molecular weight is 442 g/mol. The molecule has 1 aromatic carbocycles. The number of anilines is 1. The van der Waals surface area contributed by atoms with Gasteiger partial charge in [-0.3, -0.25) is 4.79 Å². The minimum atomic E-state index is -5.78. The molecular formula is C18H17F7N2O3. The van der Waals surface area contributed by atoms with Crippen molar-refractivity contribution in [1.29, 1.82) is 0 Å². The summed E-state index contributed by atoms with van der Waals surface area (Å²) in [5, 5.41) is 2.58. The highest BCUT2D eigenvalue weighted by Crippen LogP contribution is 2.59. The van der Waals surface area contributed by atoms with E-state index in [-0.39, 0.29) is 37.5 Å². The van der Waals surface area contributed by atoms with Gasteiger partial charge in [-0.1, -0.05) is 6.07 Å². The summed E-state index contributed by atoms with van der Waals surface area (Å²) in [7, 11) is 0. The fourth-order valence-electron chi connectivity index (χ4n) is 3.70. The molecule has 2 fully saturated rings. The number of piperidine rings is 1. The number of carbonyl (C=O) groups is 2. The van der Waals surface area contributed by atoms with Crippen LogP contribution < -0.4 is 5.32 Å². The molecule has 1 saturated heterocycles. The number of rotatable bonds is 3. The molecule has 1 saturated carbocycles. The number of ether oxygens (including phenoxy) is 1. The van der Waals surface area contributed by atoms with E-state index in [4.69, 9.17) is 0 Å². The van der Waals surface area contributed by atoms with Crippen molar-refractivity contribution in [2.75, 3.05) is 18.4 Å². The minimum absolute atomic E-state index is 0.134. The van der Waals surface area contributed by atoms with Gasteiger partial charge in [0.15, 0.2) is 0 Å². The second-order valence-electron chi connectivity index (χ2n) is 7.45. The third-order valence-electron chi connectivity index (χ3n) is 5.43. The minimum Gasteiger partial charge on any atom is -0.426 e. The number of hydrogen-bond acceptors (Lipinski definition) is 3. The van der Waals surface area contributed by atoms with Crippen LogP contribution in [-0.4, -0.2) is 48.4 Å². The van der Waals surface area contributed by atoms with Gasteiger partial charge in [0.05, 0.1) is 0 Å². The molecule has 1 aliphatic heterocycles. The molecule has 12 heteroatoms. The van der Waals surface area contributed by atoms with Crippen molar-refractivity contribution < 1.29 is 45.1 Å². The molecule has 0 aromatic heterocycles. The highest BCUT2D eigenvalue weighted by atomic mass is 19.4. The SMILES string of the molecule is O=C(Nc1cccc(F)c1)[C@@H]1CC12CCN(C(=O)OC(C(F)(F)F)C(F)(F)F)CC2. The molecule has 30 heavy (non-hydrogen) atoms. The second-order valence-corrected chi connectivity index (χ2v) is 7.45. The maximum Gasteiger partial charge on any atom is 0.434 e. The second kappa shape index (κ2) is 7.62. The Balaban J connectivity index is 1.54. The van der Waals surface area contributed by atoms with Gasteiger partial charge in [-0.15, -0.1) is 0 Å². The molecule has 3 rings (SSSR count). The van der Waals surface area contributed by atoms with E-state index in [1.54, 1.807) is 0 Å². The van der Waals surface area contributed by atoms with E-state index in [1.165, 1.54) is 18.2 Å². The topological polar surface area (TPSA) is 58.6 Å². The average Bonchev–Trinajstić information content (AvgIpc) is 3.31. The predicted octanol–water partition coefficient (Wildman–Crippen LogP) is 4.50. The van der Waals surface area contributed by atoms with Gasteiger partial charge in [0.25, 0.3) is 6.10 Å². The molecule has 1 aromatic rings. The molecular weight excluding hydrogens is 425 g/mol. The Morgan fingerprint density at radius 3 is 2.23 bits per heavy atom. The van der Waals surface area contributed by atoms with Gasteiger partial charge in [-0.2, -0.15) is 26.3 Å². The van der Waals surface area contributed by atoms with E-state index in [2.05, 4.69) is 10.1 Å². The fraction of sp³-hybridized carbons (Fsp3) is 0.556. The van der Waals surface area contributed by atoms with E-state index < -0.39 is 41.7 Å². The molecule has 1 heterocycles. The molecule has 5 nitrogen and oxygen atoms in total. The Morgan fingerprint density at radius 1 is 1.10 bits per heavy atom. The lowest BCUT2D eigenvalue weighted by Gasteiger charge is -2.33. The number of hydrogen-bond donors (Lipinski definition) is 1.